The first-order chi connectivity index (χ1) is 14.9. The Bertz CT molecular complexity index is 1230. The Balaban J connectivity index is 1.43. The number of benzene rings is 1. The number of fused-ring (bicyclic) bond motifs is 1. The quantitative estimate of drug-likeness (QED) is 0.582. The third-order valence-electron chi connectivity index (χ3n) is 5.93. The maximum atomic E-state index is 12.9. The van der Waals surface area contributed by atoms with Crippen molar-refractivity contribution in [1.82, 2.24) is 25.5 Å². The fourth-order valence-corrected chi connectivity index (χ4v) is 5.60. The maximum absolute atomic E-state index is 12.9. The fraction of sp³-hybridized carbons (Fsp3) is 0.333. The van der Waals surface area contributed by atoms with Crippen LogP contribution in [0.3, 0.4) is 0 Å². The number of carbonyl (C=O) groups excluding carboxylic acids is 3. The van der Waals surface area contributed by atoms with Crippen molar-refractivity contribution in [3.63, 3.8) is 0 Å². The summed E-state index contributed by atoms with van der Waals surface area (Å²) in [6.07, 6.45) is 3.99. The first kappa shape index (κ1) is 20.0. The van der Waals surface area contributed by atoms with E-state index in [1.54, 1.807) is 16.8 Å². The van der Waals surface area contributed by atoms with Crippen molar-refractivity contribution in [2.24, 2.45) is 0 Å². The van der Waals surface area contributed by atoms with Crippen molar-refractivity contribution in [2.45, 2.75) is 44.6 Å². The maximum Gasteiger partial charge on any atom is 0.344 e. The molecule has 1 aliphatic heterocycles. The minimum atomic E-state index is -0.885. The highest BCUT2D eigenvalue weighted by Crippen LogP contribution is 2.34. The van der Waals surface area contributed by atoms with E-state index in [1.165, 1.54) is 11.3 Å². The molecule has 4 amide bonds. The Kier molecular flexibility index (Phi) is 4.75. The molecule has 5 rings (SSSR count). The molecule has 1 saturated heterocycles. The molecular weight excluding hydrogens is 438 g/mol. The minimum absolute atomic E-state index is 0.376. The second kappa shape index (κ2) is 7.35. The van der Waals surface area contributed by atoms with Gasteiger partial charge in [-0.1, -0.05) is 43.0 Å². The Morgan fingerprint density at radius 1 is 1.23 bits per heavy atom. The van der Waals surface area contributed by atoms with Crippen LogP contribution < -0.4 is 10.7 Å². The summed E-state index contributed by atoms with van der Waals surface area (Å²) in [5.41, 5.74) is 3.07. The molecule has 2 aromatic heterocycles. The summed E-state index contributed by atoms with van der Waals surface area (Å²) in [6.45, 7) is 1.86. The molecule has 10 heteroatoms. The lowest BCUT2D eigenvalue weighted by Gasteiger charge is -2.30. The number of aromatic nitrogens is 2. The molecule has 160 valence electrons. The first-order valence-corrected chi connectivity index (χ1v) is 11.3. The minimum Gasteiger partial charge on any atom is -0.322 e. The molecule has 8 nitrogen and oxygen atoms in total. The molecule has 1 spiro atoms. The number of aryl methyl sites for hydroxylation is 1. The van der Waals surface area contributed by atoms with Gasteiger partial charge in [-0.2, -0.15) is 10.1 Å². The van der Waals surface area contributed by atoms with E-state index >= 15 is 0 Å². The number of urea groups is 1. The molecule has 3 heterocycles. The molecule has 0 radical (unpaired) electrons. The van der Waals surface area contributed by atoms with Gasteiger partial charge in [0, 0.05) is 5.39 Å². The Morgan fingerprint density at radius 3 is 2.71 bits per heavy atom. The topological polar surface area (TPSA) is 96.3 Å². The van der Waals surface area contributed by atoms with Gasteiger partial charge in [0.25, 0.3) is 11.8 Å². The molecule has 1 aliphatic carbocycles. The Labute approximate surface area is 187 Å². The van der Waals surface area contributed by atoms with Crippen LogP contribution in [0.25, 0.3) is 15.9 Å². The summed E-state index contributed by atoms with van der Waals surface area (Å²) in [6, 6.07) is 8.47. The average molecular weight is 458 g/mol. The third-order valence-corrected chi connectivity index (χ3v) is 7.36. The lowest BCUT2D eigenvalue weighted by atomic mass is 9.82. The number of rotatable bonds is 3. The molecule has 2 aliphatic rings. The predicted octanol–water partition coefficient (Wildman–Crippen LogP) is 3.95. The van der Waals surface area contributed by atoms with Crippen molar-refractivity contribution >= 4 is 51.0 Å². The molecule has 0 unspecified atom stereocenters. The summed E-state index contributed by atoms with van der Waals surface area (Å²) in [5.74, 6) is -0.896. The average Bonchev–Trinajstić information content (AvgIpc) is 3.39. The van der Waals surface area contributed by atoms with Gasteiger partial charge in [-0.05, 0) is 38.0 Å². The van der Waals surface area contributed by atoms with E-state index in [2.05, 4.69) is 15.8 Å². The van der Waals surface area contributed by atoms with Crippen molar-refractivity contribution in [3.8, 4) is 5.69 Å². The Hall–Kier alpha value is -2.91. The summed E-state index contributed by atoms with van der Waals surface area (Å²) in [5, 5.41) is 9.52. The van der Waals surface area contributed by atoms with Crippen LogP contribution in [0.2, 0.25) is 5.02 Å². The number of hydrogen-bond acceptors (Lipinski definition) is 5. The molecule has 31 heavy (non-hydrogen) atoms. The number of nitrogens with zero attached hydrogens (tertiary/aromatic N) is 3. The molecular formula is C21H20ClN5O3S. The van der Waals surface area contributed by atoms with Gasteiger partial charge in [-0.25, -0.2) is 9.48 Å². The molecule has 1 aromatic carbocycles. The van der Waals surface area contributed by atoms with Crippen molar-refractivity contribution in [2.75, 3.05) is 0 Å². The van der Waals surface area contributed by atoms with Gasteiger partial charge in [0.05, 0.1) is 21.3 Å². The summed E-state index contributed by atoms with van der Waals surface area (Å²) < 4.78 is 1.71. The van der Waals surface area contributed by atoms with Gasteiger partial charge in [-0.15, -0.1) is 11.3 Å². The number of nitrogens with one attached hydrogen (secondary N) is 2. The largest absolute Gasteiger partial charge is 0.344 e. The van der Waals surface area contributed by atoms with Crippen molar-refractivity contribution in [3.05, 3.63) is 45.9 Å². The van der Waals surface area contributed by atoms with Gasteiger partial charge in [-0.3, -0.25) is 15.0 Å². The zero-order valence-electron chi connectivity index (χ0n) is 16.8. The van der Waals surface area contributed by atoms with Crippen LogP contribution in [0, 0.1) is 6.92 Å². The molecule has 0 bridgehead atoms. The zero-order valence-corrected chi connectivity index (χ0v) is 18.3. The van der Waals surface area contributed by atoms with Gasteiger partial charge < -0.3 is 5.32 Å². The number of hydrazine groups is 1. The van der Waals surface area contributed by atoms with E-state index in [-0.39, 0.29) is 5.91 Å². The fourth-order valence-electron chi connectivity index (χ4n) is 4.32. The standard InChI is InChI=1S/C21H20ClN5O3S/c1-12-13-11-16(31-18(13)26(24-12)15-8-4-3-7-14(15)22)17(28)25-27-19(29)21(23-20(27)30)9-5-2-6-10-21/h3-4,7-8,11H,2,5-6,9-10H2,1H3,(H,23,30)(H,25,28). The van der Waals surface area contributed by atoms with E-state index in [0.717, 1.165) is 40.2 Å². The lowest BCUT2D eigenvalue weighted by Crippen LogP contribution is -2.50. The van der Waals surface area contributed by atoms with Crippen LogP contribution in [0.1, 0.15) is 47.5 Å². The Morgan fingerprint density at radius 2 is 1.97 bits per heavy atom. The smallest absolute Gasteiger partial charge is 0.322 e. The van der Waals surface area contributed by atoms with Gasteiger partial charge in [0.1, 0.15) is 10.4 Å². The van der Waals surface area contributed by atoms with Gasteiger partial charge in [0.2, 0.25) is 0 Å². The highest BCUT2D eigenvalue weighted by molar-refractivity contribution is 7.20. The highest BCUT2D eigenvalue weighted by atomic mass is 35.5. The molecule has 2 fully saturated rings. The second-order valence-corrected chi connectivity index (χ2v) is 9.37. The molecule has 3 aromatic rings. The van der Waals surface area contributed by atoms with E-state index in [0.29, 0.717) is 28.4 Å². The van der Waals surface area contributed by atoms with Crippen LogP contribution in [0.5, 0.6) is 0 Å². The number of imide groups is 1. The summed E-state index contributed by atoms with van der Waals surface area (Å²) >= 11 is 7.56. The normalized spacial score (nSPS) is 18.1. The predicted molar refractivity (Wildman–Crippen MR) is 117 cm³/mol. The summed E-state index contributed by atoms with van der Waals surface area (Å²) in [7, 11) is 0. The second-order valence-electron chi connectivity index (χ2n) is 7.93. The lowest BCUT2D eigenvalue weighted by molar-refractivity contribution is -0.134. The van der Waals surface area contributed by atoms with Crippen molar-refractivity contribution in [1.29, 1.82) is 0 Å². The first-order valence-electron chi connectivity index (χ1n) is 10.1. The third kappa shape index (κ3) is 3.19. The number of thiophene rings is 1. The number of para-hydroxylation sites is 1. The number of carbonyl (C=O) groups is 3. The number of hydrogen-bond donors (Lipinski definition) is 2. The van der Waals surface area contributed by atoms with Crippen LogP contribution >= 0.6 is 22.9 Å². The zero-order chi connectivity index (χ0) is 21.8. The van der Waals surface area contributed by atoms with Crippen LogP contribution in [-0.2, 0) is 4.79 Å². The van der Waals surface area contributed by atoms with E-state index in [4.69, 9.17) is 11.6 Å². The monoisotopic (exact) mass is 457 g/mol. The SMILES string of the molecule is Cc1nn(-c2ccccc2Cl)c2sc(C(=O)NN3C(=O)NC4(CCCCC4)C3=O)cc12. The highest BCUT2D eigenvalue weighted by Gasteiger charge is 2.52. The number of amides is 4. The van der Waals surface area contributed by atoms with Crippen LogP contribution in [0.15, 0.2) is 30.3 Å². The van der Waals surface area contributed by atoms with Crippen molar-refractivity contribution < 1.29 is 14.4 Å². The molecule has 1 saturated carbocycles. The molecule has 0 atom stereocenters. The van der Waals surface area contributed by atoms with Crippen LogP contribution in [0.4, 0.5) is 4.79 Å². The van der Waals surface area contributed by atoms with Gasteiger partial charge >= 0.3 is 6.03 Å². The van der Waals surface area contributed by atoms with Gasteiger partial charge in [0.15, 0.2) is 0 Å². The number of halogens is 1. The van der Waals surface area contributed by atoms with E-state index in [9.17, 15) is 14.4 Å². The molecule has 2 N–H and O–H groups in total. The van der Waals surface area contributed by atoms with E-state index < -0.39 is 17.5 Å². The van der Waals surface area contributed by atoms with Crippen LogP contribution in [-0.4, -0.2) is 38.2 Å². The summed E-state index contributed by atoms with van der Waals surface area (Å²) in [4.78, 5) is 39.4. The van der Waals surface area contributed by atoms with E-state index in [1.807, 2.05) is 25.1 Å².